The monoisotopic (exact) mass is 450 g/mol. The van der Waals surface area contributed by atoms with Crippen LogP contribution < -0.4 is 15.5 Å². The van der Waals surface area contributed by atoms with Crippen molar-refractivity contribution in [2.45, 2.75) is 44.3 Å². The molecule has 3 N–H and O–H groups in total. The Morgan fingerprint density at radius 2 is 2.03 bits per heavy atom. The summed E-state index contributed by atoms with van der Waals surface area (Å²) >= 11 is 1.17. The molecule has 2 heterocycles. The van der Waals surface area contributed by atoms with E-state index < -0.39 is 6.04 Å². The molecule has 0 spiro atoms. The van der Waals surface area contributed by atoms with Gasteiger partial charge in [-0.3, -0.25) is 14.2 Å². The van der Waals surface area contributed by atoms with E-state index in [0.717, 1.165) is 52.7 Å². The molecule has 8 heteroatoms. The molecule has 1 aliphatic heterocycles. The first-order valence-corrected chi connectivity index (χ1v) is 11.7. The molecular weight excluding hydrogens is 424 g/mol. The molecule has 2 atom stereocenters. The van der Waals surface area contributed by atoms with Crippen molar-refractivity contribution >= 4 is 27.5 Å². The predicted molar refractivity (Wildman–Crippen MR) is 125 cm³/mol. The summed E-state index contributed by atoms with van der Waals surface area (Å²) in [6.07, 6.45) is 3.36. The molecule has 1 aliphatic rings. The first kappa shape index (κ1) is 22.2. The molecule has 4 rings (SSSR count). The number of aliphatic hydroxyl groups excluding tert-OH is 1. The van der Waals surface area contributed by atoms with E-state index in [1.54, 1.807) is 4.57 Å². The Morgan fingerprint density at radius 1 is 1.25 bits per heavy atom. The van der Waals surface area contributed by atoms with Crippen LogP contribution in [-0.4, -0.2) is 40.8 Å². The molecule has 1 fully saturated rings. The van der Waals surface area contributed by atoms with Gasteiger partial charge in [-0.05, 0) is 48.2 Å². The van der Waals surface area contributed by atoms with Crippen molar-refractivity contribution in [3.63, 3.8) is 0 Å². The third kappa shape index (κ3) is 4.91. The lowest BCUT2D eigenvalue weighted by molar-refractivity contribution is -0.124. The van der Waals surface area contributed by atoms with E-state index in [0.29, 0.717) is 13.0 Å². The third-order valence-corrected chi connectivity index (χ3v) is 6.76. The molecule has 1 amide bonds. The van der Waals surface area contributed by atoms with Crippen LogP contribution in [0.5, 0.6) is 0 Å². The topological polar surface area (TPSA) is 107 Å². The Balaban J connectivity index is 1.45. The number of nitrogens with zero attached hydrogens (tertiary/aromatic N) is 2. The van der Waals surface area contributed by atoms with E-state index in [1.165, 1.54) is 11.3 Å². The van der Waals surface area contributed by atoms with Crippen LogP contribution in [0.4, 0.5) is 0 Å². The first-order valence-electron chi connectivity index (χ1n) is 10.9. The maximum atomic E-state index is 12.4. The number of amides is 1. The summed E-state index contributed by atoms with van der Waals surface area (Å²) in [4.78, 5) is 24.5. The maximum Gasteiger partial charge on any atom is 0.308 e. The number of hydrogen-bond acceptors (Lipinski definition) is 6. The number of piperidine rings is 1. The van der Waals surface area contributed by atoms with Gasteiger partial charge in [0.25, 0.3) is 0 Å². The third-order valence-electron chi connectivity index (χ3n) is 5.82. The number of carbonyl (C=O) groups excluding carboxylic acids is 1. The van der Waals surface area contributed by atoms with Gasteiger partial charge in [0.15, 0.2) is 0 Å². The van der Waals surface area contributed by atoms with Crippen LogP contribution in [0.15, 0.2) is 47.3 Å². The van der Waals surface area contributed by atoms with E-state index in [9.17, 15) is 20.0 Å². The summed E-state index contributed by atoms with van der Waals surface area (Å²) in [5.41, 5.74) is 3.80. The Labute approximate surface area is 190 Å². The number of benzene rings is 2. The second-order valence-corrected chi connectivity index (χ2v) is 9.01. The molecule has 0 aliphatic carbocycles. The van der Waals surface area contributed by atoms with Gasteiger partial charge in [-0.2, -0.15) is 5.26 Å². The maximum absolute atomic E-state index is 12.4. The van der Waals surface area contributed by atoms with Crippen molar-refractivity contribution in [3.05, 3.63) is 57.7 Å². The number of rotatable bonds is 7. The summed E-state index contributed by atoms with van der Waals surface area (Å²) in [6, 6.07) is 15.2. The van der Waals surface area contributed by atoms with Crippen LogP contribution in [0.1, 0.15) is 24.8 Å². The van der Waals surface area contributed by atoms with E-state index >= 15 is 0 Å². The van der Waals surface area contributed by atoms with Crippen LogP contribution >= 0.6 is 11.3 Å². The number of thiazole rings is 1. The van der Waals surface area contributed by atoms with Crippen LogP contribution in [-0.2, 0) is 17.8 Å². The normalized spacial score (nSPS) is 17.1. The second-order valence-electron chi connectivity index (χ2n) is 8.02. The van der Waals surface area contributed by atoms with E-state index in [-0.39, 0.29) is 23.4 Å². The minimum atomic E-state index is -0.572. The highest BCUT2D eigenvalue weighted by atomic mass is 32.1. The average Bonchev–Trinajstić information content (AvgIpc) is 3.14. The molecule has 0 bridgehead atoms. The molecule has 32 heavy (non-hydrogen) atoms. The lowest BCUT2D eigenvalue weighted by atomic mass is 10.00. The second kappa shape index (κ2) is 10.1. The summed E-state index contributed by atoms with van der Waals surface area (Å²) in [6.45, 7) is 1.06. The number of hydrogen-bond donors (Lipinski definition) is 3. The van der Waals surface area contributed by atoms with Gasteiger partial charge < -0.3 is 15.7 Å². The minimum Gasteiger partial charge on any atom is -0.395 e. The minimum absolute atomic E-state index is 0.0731. The molecule has 1 saturated heterocycles. The molecule has 7 nitrogen and oxygen atoms in total. The summed E-state index contributed by atoms with van der Waals surface area (Å²) < 4.78 is 2.47. The number of nitrogens with one attached hydrogen (secondary N) is 2. The fourth-order valence-corrected chi connectivity index (χ4v) is 5.06. The number of nitriles is 1. The SMILES string of the molecule is N#C[C@H](Cc1ccc(-c2ccc3c(c2)sc(=O)n3CCO)cc1)NC(=O)[C@@H]1CCCCN1. The lowest BCUT2D eigenvalue weighted by Crippen LogP contribution is -2.49. The summed E-state index contributed by atoms with van der Waals surface area (Å²) in [7, 11) is 0. The van der Waals surface area contributed by atoms with Crippen LogP contribution in [0.2, 0.25) is 0 Å². The highest BCUT2D eigenvalue weighted by molar-refractivity contribution is 7.16. The van der Waals surface area contributed by atoms with E-state index in [2.05, 4.69) is 16.7 Å². The van der Waals surface area contributed by atoms with Crippen molar-refractivity contribution in [3.8, 4) is 17.2 Å². The van der Waals surface area contributed by atoms with Crippen molar-refractivity contribution in [2.75, 3.05) is 13.2 Å². The quantitative estimate of drug-likeness (QED) is 0.512. The van der Waals surface area contributed by atoms with Crippen LogP contribution in [0.25, 0.3) is 21.3 Å². The molecule has 0 saturated carbocycles. The number of carbonyl (C=O) groups is 1. The number of aliphatic hydroxyl groups is 1. The summed E-state index contributed by atoms with van der Waals surface area (Å²) in [5.74, 6) is -0.103. The Morgan fingerprint density at radius 3 is 2.72 bits per heavy atom. The molecular formula is C24H26N4O3S. The van der Waals surface area contributed by atoms with E-state index in [1.807, 2.05) is 42.5 Å². The van der Waals surface area contributed by atoms with Gasteiger partial charge >= 0.3 is 4.87 Å². The Hall–Kier alpha value is -2.99. The zero-order chi connectivity index (χ0) is 22.5. The van der Waals surface area contributed by atoms with Crippen molar-refractivity contribution in [1.29, 1.82) is 5.26 Å². The van der Waals surface area contributed by atoms with Gasteiger partial charge in [0.05, 0.1) is 35.5 Å². The van der Waals surface area contributed by atoms with Crippen LogP contribution in [0, 0.1) is 11.3 Å². The Kier molecular flexibility index (Phi) is 7.00. The van der Waals surface area contributed by atoms with Gasteiger partial charge in [-0.25, -0.2) is 0 Å². The van der Waals surface area contributed by atoms with Gasteiger partial charge in [-0.15, -0.1) is 0 Å². The molecule has 3 aromatic rings. The number of aromatic nitrogens is 1. The van der Waals surface area contributed by atoms with Gasteiger partial charge in [0, 0.05) is 6.42 Å². The zero-order valence-electron chi connectivity index (χ0n) is 17.7. The van der Waals surface area contributed by atoms with Gasteiger partial charge in [-0.1, -0.05) is 48.1 Å². The number of fused-ring (bicyclic) bond motifs is 1. The lowest BCUT2D eigenvalue weighted by Gasteiger charge is -2.23. The van der Waals surface area contributed by atoms with Gasteiger partial charge in [0.2, 0.25) is 5.91 Å². The standard InChI is InChI=1S/C24H26N4O3S/c25-15-19(27-23(30)20-3-1-2-10-26-20)13-16-4-6-17(7-5-16)18-8-9-21-22(14-18)32-24(31)28(21)11-12-29/h4-9,14,19-20,26,29H,1-3,10-13H2,(H,27,30)/t19-,20-/m0/s1. The first-order chi connectivity index (χ1) is 15.6. The molecule has 0 unspecified atom stereocenters. The van der Waals surface area contributed by atoms with Crippen LogP contribution in [0.3, 0.4) is 0 Å². The smallest absolute Gasteiger partial charge is 0.308 e. The van der Waals surface area contributed by atoms with Crippen molar-refractivity contribution in [1.82, 2.24) is 15.2 Å². The predicted octanol–water partition coefficient (Wildman–Crippen LogP) is 2.42. The van der Waals surface area contributed by atoms with E-state index in [4.69, 9.17) is 0 Å². The largest absolute Gasteiger partial charge is 0.395 e. The Bertz CT molecular complexity index is 1190. The highest BCUT2D eigenvalue weighted by Crippen LogP contribution is 2.26. The van der Waals surface area contributed by atoms with Crippen molar-refractivity contribution in [2.24, 2.45) is 0 Å². The average molecular weight is 451 g/mol. The highest BCUT2D eigenvalue weighted by Gasteiger charge is 2.23. The fourth-order valence-electron chi connectivity index (χ4n) is 4.10. The molecule has 2 aromatic carbocycles. The molecule has 166 valence electrons. The van der Waals surface area contributed by atoms with Gasteiger partial charge in [0.1, 0.15) is 6.04 Å². The van der Waals surface area contributed by atoms with Crippen molar-refractivity contribution < 1.29 is 9.90 Å². The fraction of sp³-hybridized carbons (Fsp3) is 0.375. The zero-order valence-corrected chi connectivity index (χ0v) is 18.5. The molecule has 0 radical (unpaired) electrons. The molecule has 1 aromatic heterocycles. The summed E-state index contributed by atoms with van der Waals surface area (Å²) in [5, 5.41) is 24.7.